The molecule has 6 aromatic heterocycles. The van der Waals surface area contributed by atoms with Crippen LogP contribution in [0.2, 0.25) is 0 Å². The normalized spacial score (nSPS) is 17.5. The highest BCUT2D eigenvalue weighted by molar-refractivity contribution is 7.22. The number of para-hydroxylation sites is 1. The monoisotopic (exact) mass is 1190 g/mol. The van der Waals surface area contributed by atoms with E-state index < -0.39 is 45.8 Å². The Labute approximate surface area is 490 Å². The van der Waals surface area contributed by atoms with E-state index in [0.29, 0.717) is 135 Å². The molecule has 3 saturated heterocycles. The van der Waals surface area contributed by atoms with Gasteiger partial charge >= 0.3 is 11.9 Å². The fourth-order valence-electron chi connectivity index (χ4n) is 12.0. The minimum Gasteiger partial charge on any atom is -0.496 e. The highest BCUT2D eigenvalue weighted by Gasteiger charge is 2.47. The van der Waals surface area contributed by atoms with E-state index in [9.17, 15) is 29.4 Å². The van der Waals surface area contributed by atoms with Crippen LogP contribution >= 0.6 is 22.7 Å². The van der Waals surface area contributed by atoms with Crippen molar-refractivity contribution in [3.05, 3.63) is 127 Å². The smallest absolute Gasteiger partial charge is 0.316 e. The molecule has 0 aliphatic carbocycles. The van der Waals surface area contributed by atoms with Crippen LogP contribution in [0.3, 0.4) is 0 Å². The van der Waals surface area contributed by atoms with Crippen molar-refractivity contribution in [3.8, 4) is 33.0 Å². The van der Waals surface area contributed by atoms with Crippen molar-refractivity contribution in [2.75, 3.05) is 53.6 Å². The second-order valence-corrected chi connectivity index (χ2v) is 23.9. The van der Waals surface area contributed by atoms with Gasteiger partial charge in [0.05, 0.1) is 72.4 Å². The van der Waals surface area contributed by atoms with E-state index >= 15 is 4.79 Å². The lowest BCUT2D eigenvalue weighted by Crippen LogP contribution is -2.49. The number of fused-ring (bicyclic) bond motifs is 2. The summed E-state index contributed by atoms with van der Waals surface area (Å²) in [7, 11) is 3.08. The van der Waals surface area contributed by atoms with Gasteiger partial charge in [-0.1, -0.05) is 30.3 Å². The summed E-state index contributed by atoms with van der Waals surface area (Å²) in [6, 6.07) is 12.8. The first-order valence-electron chi connectivity index (χ1n) is 28.0. The number of ether oxygens (including phenoxy) is 5. The number of benzene rings is 2. The molecule has 2 aromatic carbocycles. The first-order chi connectivity index (χ1) is 40.5. The Morgan fingerprint density at radius 3 is 1.88 bits per heavy atom. The molecule has 9 heterocycles. The average molecular weight is 1190 g/mol. The summed E-state index contributed by atoms with van der Waals surface area (Å²) in [6.45, 7) is 9.37. The Balaban J connectivity index is 1.01. The number of methoxy groups -OCH3 is 2. The van der Waals surface area contributed by atoms with E-state index in [4.69, 9.17) is 42.7 Å². The van der Waals surface area contributed by atoms with E-state index in [1.54, 1.807) is 60.3 Å². The van der Waals surface area contributed by atoms with Gasteiger partial charge in [0.25, 0.3) is 0 Å². The van der Waals surface area contributed by atoms with Gasteiger partial charge in [-0.2, -0.15) is 10.2 Å². The minimum atomic E-state index is -1.95. The van der Waals surface area contributed by atoms with Gasteiger partial charge < -0.3 is 52.9 Å². The molecule has 1 amide bonds. The summed E-state index contributed by atoms with van der Waals surface area (Å²) < 4.78 is 46.6. The number of carbonyl (C=O) groups is 3. The largest absolute Gasteiger partial charge is 0.496 e. The van der Waals surface area contributed by atoms with E-state index in [1.807, 2.05) is 24.3 Å². The lowest BCUT2D eigenvalue weighted by molar-refractivity contribution is -0.145. The van der Waals surface area contributed by atoms with Gasteiger partial charge in [-0.3, -0.25) is 33.3 Å². The molecule has 0 bridgehead atoms. The fraction of sp³-hybridized carbons (Fsp3) is 0.450. The zero-order valence-corrected chi connectivity index (χ0v) is 49.1. The van der Waals surface area contributed by atoms with Gasteiger partial charge in [0.2, 0.25) is 28.5 Å². The van der Waals surface area contributed by atoms with E-state index in [2.05, 4.69) is 15.3 Å². The summed E-state index contributed by atoms with van der Waals surface area (Å²) in [5.74, 6) is -0.951. The summed E-state index contributed by atoms with van der Waals surface area (Å²) in [4.78, 5) is 82.7. The van der Waals surface area contributed by atoms with Crippen LogP contribution in [-0.4, -0.2) is 128 Å². The molecule has 3 atom stereocenters. The molecule has 3 aliphatic rings. The van der Waals surface area contributed by atoms with Crippen LogP contribution in [0.1, 0.15) is 104 Å². The van der Waals surface area contributed by atoms with Crippen LogP contribution in [-0.2, 0) is 58.9 Å². The average Bonchev–Trinajstić information content (AvgIpc) is 1.69. The number of aliphatic carboxylic acids is 2. The van der Waals surface area contributed by atoms with Crippen LogP contribution in [0.25, 0.3) is 42.0 Å². The number of aromatic nitrogens is 6. The van der Waals surface area contributed by atoms with Crippen LogP contribution in [0.15, 0.2) is 85.8 Å². The summed E-state index contributed by atoms with van der Waals surface area (Å²) in [5.41, 5.74) is -1.96. The third-order valence-electron chi connectivity index (χ3n) is 16.8. The first-order valence-corrected chi connectivity index (χ1v) is 29.7. The van der Waals surface area contributed by atoms with Gasteiger partial charge in [-0.05, 0) is 108 Å². The quantitative estimate of drug-likeness (QED) is 0.0649. The van der Waals surface area contributed by atoms with Crippen LogP contribution in [0.5, 0.6) is 11.5 Å². The second-order valence-electron chi connectivity index (χ2n) is 21.9. The maximum Gasteiger partial charge on any atom is 0.316 e. The first kappa shape index (κ1) is 58.2. The van der Waals surface area contributed by atoms with Crippen molar-refractivity contribution >= 4 is 61.0 Å². The Bertz CT molecular complexity index is 3850. The van der Waals surface area contributed by atoms with Crippen molar-refractivity contribution in [2.45, 2.75) is 121 Å². The molecule has 0 spiro atoms. The lowest BCUT2D eigenvalue weighted by atomic mass is 9.75. The number of carboxylic acid groups (broad SMARTS) is 2. The van der Waals surface area contributed by atoms with Gasteiger partial charge in [0.1, 0.15) is 68.1 Å². The van der Waals surface area contributed by atoms with Gasteiger partial charge in [-0.25, -0.2) is 9.97 Å². The van der Waals surface area contributed by atoms with Crippen LogP contribution in [0.4, 0.5) is 0 Å². The SMILES string of the molecule is COc1ccccc1C(Cn1nc(C(C)(Cc2ccc(C(Cn3nc(C4(C(=O)O)CCNCC4)c(=O)c4c(C)c(-c5ncco5)sc43)OC3CCOCC3)c(OC)c2)C(=O)O)c(=O)c2c(C)c(-c3ncco3)sc21)OC1CCN(C(C)=O)CC1. The molecule has 22 nitrogen and oxygen atoms in total. The van der Waals surface area contributed by atoms with Crippen molar-refractivity contribution in [3.63, 3.8) is 0 Å². The fourth-order valence-corrected chi connectivity index (χ4v) is 14.4. The lowest BCUT2D eigenvalue weighted by Gasteiger charge is -2.34. The van der Waals surface area contributed by atoms with Crippen molar-refractivity contribution < 1.29 is 57.1 Å². The molecule has 84 heavy (non-hydrogen) atoms. The summed E-state index contributed by atoms with van der Waals surface area (Å²) in [5, 5.41) is 36.3. The highest BCUT2D eigenvalue weighted by atomic mass is 32.1. The number of hydrogen-bond acceptors (Lipinski definition) is 19. The number of carbonyl (C=O) groups excluding carboxylic acids is 1. The molecule has 3 N–H and O–H groups in total. The molecule has 24 heteroatoms. The molecule has 442 valence electrons. The number of carboxylic acids is 2. The molecule has 3 aliphatic heterocycles. The third-order valence-corrected chi connectivity index (χ3v) is 19.3. The van der Waals surface area contributed by atoms with Gasteiger partial charge in [-0.15, -0.1) is 22.7 Å². The number of rotatable bonds is 20. The zero-order chi connectivity index (χ0) is 59.0. The van der Waals surface area contributed by atoms with E-state index in [1.165, 1.54) is 61.6 Å². The number of likely N-dealkylation sites (tertiary alicyclic amines) is 1. The molecule has 3 fully saturated rings. The summed E-state index contributed by atoms with van der Waals surface area (Å²) >= 11 is 2.52. The molecule has 0 saturated carbocycles. The Morgan fingerprint density at radius 1 is 0.774 bits per heavy atom. The van der Waals surface area contributed by atoms with Gasteiger partial charge in [0, 0.05) is 44.4 Å². The number of nitrogens with one attached hydrogen (secondary N) is 1. The number of aryl methyl sites for hydroxylation is 2. The minimum absolute atomic E-state index is 0.00123. The van der Waals surface area contributed by atoms with Crippen molar-refractivity contribution in [2.24, 2.45) is 0 Å². The Morgan fingerprint density at radius 2 is 1.33 bits per heavy atom. The number of amides is 1. The maximum absolute atomic E-state index is 15.3. The Kier molecular flexibility index (Phi) is 16.7. The second kappa shape index (κ2) is 24.2. The molecule has 0 radical (unpaired) electrons. The topological polar surface area (TPSA) is 275 Å². The van der Waals surface area contributed by atoms with Gasteiger partial charge in [0.15, 0.2) is 0 Å². The van der Waals surface area contributed by atoms with E-state index in [-0.39, 0.29) is 73.1 Å². The Hall–Kier alpha value is -7.61. The molecule has 8 aromatic rings. The predicted molar refractivity (Wildman–Crippen MR) is 311 cm³/mol. The molecular formula is C60H66N8O14S2. The van der Waals surface area contributed by atoms with Crippen LogP contribution in [0, 0.1) is 13.8 Å². The number of hydrogen-bond donors (Lipinski definition) is 3. The number of oxazole rings is 2. The highest BCUT2D eigenvalue weighted by Crippen LogP contribution is 2.43. The van der Waals surface area contributed by atoms with Crippen molar-refractivity contribution in [1.29, 1.82) is 0 Å². The summed E-state index contributed by atoms with van der Waals surface area (Å²) in [6.07, 6.45) is 6.25. The number of thiophene rings is 2. The number of piperidine rings is 2. The van der Waals surface area contributed by atoms with E-state index in [0.717, 1.165) is 0 Å². The molecule has 3 unspecified atom stereocenters. The predicted octanol–water partition coefficient (Wildman–Crippen LogP) is 8.17. The number of nitrogens with zero attached hydrogens (tertiary/aromatic N) is 7. The molecule has 11 rings (SSSR count). The third kappa shape index (κ3) is 10.9. The van der Waals surface area contributed by atoms with Crippen molar-refractivity contribution in [1.82, 2.24) is 39.7 Å². The molecular weight excluding hydrogens is 1120 g/mol. The zero-order valence-electron chi connectivity index (χ0n) is 47.5. The standard InChI is InChI=1S/C60H66N8O14S2/c1-33-45-47(70)51(64-67(55(45)83-49(33)53-62-21-27-79-53)31-43(39-9-7-8-10-41(39)76-5)81-37-13-23-66(24-14-37)35(3)69)59(4,57(72)73)30-36-11-12-40(42(29-36)77-6)44(82-38-15-25-78-26-16-38)32-68-56-46(34(2)50(84-56)54-63-22-28-80-54)48(71)52(65-68)60(58(74)75)17-19-61-20-18-60/h7-12,21-22,27-29,37-38,43-44,61H,13-20,23-26,30-32H2,1-6H3,(H,72,73)(H,74,75). The maximum atomic E-state index is 15.3. The van der Waals surface area contributed by atoms with Crippen LogP contribution < -0.4 is 25.6 Å².